The van der Waals surface area contributed by atoms with Gasteiger partial charge in [-0.25, -0.2) is 0 Å². The molecule has 1 aromatic carbocycles. The average molecular weight is 351 g/mol. The van der Waals surface area contributed by atoms with Crippen molar-refractivity contribution in [3.63, 3.8) is 0 Å². The van der Waals surface area contributed by atoms with E-state index in [0.717, 1.165) is 33.1 Å². The Balaban J connectivity index is 1.74. The quantitative estimate of drug-likeness (QED) is 0.702. The number of hydrogen-bond donors (Lipinski definition) is 2. The fourth-order valence-corrected chi connectivity index (χ4v) is 4.70. The topological polar surface area (TPSA) is 57.8 Å². The van der Waals surface area contributed by atoms with E-state index < -0.39 is 0 Å². The highest BCUT2D eigenvalue weighted by Gasteiger charge is 2.36. The van der Waals surface area contributed by atoms with Crippen molar-refractivity contribution in [3.05, 3.63) is 59.3 Å². The van der Waals surface area contributed by atoms with E-state index in [0.29, 0.717) is 13.0 Å². The van der Waals surface area contributed by atoms with E-state index in [-0.39, 0.29) is 11.2 Å². The first-order valence-electron chi connectivity index (χ1n) is 8.50. The van der Waals surface area contributed by atoms with Crippen LogP contribution in [0, 0.1) is 5.41 Å². The summed E-state index contributed by atoms with van der Waals surface area (Å²) in [5.41, 5.74) is 4.23. The first-order valence-corrected chi connectivity index (χ1v) is 9.31. The molecule has 1 aliphatic carbocycles. The van der Waals surface area contributed by atoms with E-state index in [4.69, 9.17) is 0 Å². The van der Waals surface area contributed by atoms with Crippen molar-refractivity contribution in [2.75, 3.05) is 5.32 Å². The van der Waals surface area contributed by atoms with Crippen molar-refractivity contribution in [2.24, 2.45) is 5.41 Å². The third-order valence-electron chi connectivity index (χ3n) is 4.62. The highest BCUT2D eigenvalue weighted by atomic mass is 32.1. The van der Waals surface area contributed by atoms with Crippen molar-refractivity contribution < 1.29 is 4.79 Å². The minimum Gasteiger partial charge on any atom is -0.372 e. The Labute approximate surface area is 151 Å². The number of ketones is 1. The second-order valence-corrected chi connectivity index (χ2v) is 8.38. The van der Waals surface area contributed by atoms with Gasteiger partial charge >= 0.3 is 0 Å². The number of aromatic nitrogens is 2. The standard InChI is InChI=1S/C20H21N3OS/c1-20(2)10-14-17(16(24)11-20)19(21-12-13-6-4-3-5-7-13)25-18(14)15-8-9-22-23-15/h3-9,21H,10-12H2,1-2H3,(H,22,23). The Kier molecular flexibility index (Phi) is 3.96. The molecule has 2 N–H and O–H groups in total. The van der Waals surface area contributed by atoms with Gasteiger partial charge in [-0.15, -0.1) is 11.3 Å². The lowest BCUT2D eigenvalue weighted by atomic mass is 9.74. The number of carbonyl (C=O) groups excluding carboxylic acids is 1. The van der Waals surface area contributed by atoms with E-state index in [1.807, 2.05) is 24.3 Å². The van der Waals surface area contributed by atoms with Crippen LogP contribution in [0.4, 0.5) is 5.00 Å². The Morgan fingerprint density at radius 2 is 2.00 bits per heavy atom. The summed E-state index contributed by atoms with van der Waals surface area (Å²) >= 11 is 1.65. The van der Waals surface area contributed by atoms with Crippen LogP contribution in [-0.4, -0.2) is 16.0 Å². The van der Waals surface area contributed by atoms with Crippen LogP contribution >= 0.6 is 11.3 Å². The highest BCUT2D eigenvalue weighted by molar-refractivity contribution is 7.20. The SMILES string of the molecule is CC1(C)CC(=O)c2c(NCc3ccccc3)sc(-c3ccn[nH]3)c2C1. The van der Waals surface area contributed by atoms with Crippen molar-refractivity contribution in [3.8, 4) is 10.6 Å². The van der Waals surface area contributed by atoms with Crippen LogP contribution in [-0.2, 0) is 13.0 Å². The van der Waals surface area contributed by atoms with Gasteiger partial charge in [0.15, 0.2) is 5.78 Å². The first-order chi connectivity index (χ1) is 12.0. The predicted octanol–water partition coefficient (Wildman–Crippen LogP) is 4.91. The van der Waals surface area contributed by atoms with Crippen LogP contribution in [0.2, 0.25) is 0 Å². The van der Waals surface area contributed by atoms with Crippen LogP contribution in [0.5, 0.6) is 0 Å². The first kappa shape index (κ1) is 16.1. The lowest BCUT2D eigenvalue weighted by Gasteiger charge is -2.29. The van der Waals surface area contributed by atoms with Gasteiger partial charge in [0.25, 0.3) is 0 Å². The molecule has 2 aromatic heterocycles. The zero-order valence-electron chi connectivity index (χ0n) is 14.4. The minimum absolute atomic E-state index is 0.00335. The number of aromatic amines is 1. The molecule has 0 fully saturated rings. The van der Waals surface area contributed by atoms with Gasteiger partial charge in [-0.3, -0.25) is 9.89 Å². The molecule has 0 amide bonds. The van der Waals surface area contributed by atoms with E-state index in [1.165, 1.54) is 5.56 Å². The molecule has 0 spiro atoms. The molecule has 3 aromatic rings. The number of rotatable bonds is 4. The van der Waals surface area contributed by atoms with E-state index in [9.17, 15) is 4.79 Å². The van der Waals surface area contributed by atoms with Crippen LogP contribution in [0.3, 0.4) is 0 Å². The van der Waals surface area contributed by atoms with Crippen LogP contribution in [0.25, 0.3) is 10.6 Å². The Hall–Kier alpha value is -2.40. The lowest BCUT2D eigenvalue weighted by Crippen LogP contribution is -2.26. The number of nitrogens with zero attached hydrogens (tertiary/aromatic N) is 1. The molecular weight excluding hydrogens is 330 g/mol. The summed E-state index contributed by atoms with van der Waals surface area (Å²) in [7, 11) is 0. The van der Waals surface area contributed by atoms with E-state index in [2.05, 4.69) is 41.5 Å². The third kappa shape index (κ3) is 3.12. The highest BCUT2D eigenvalue weighted by Crippen LogP contribution is 2.47. The van der Waals surface area contributed by atoms with E-state index >= 15 is 0 Å². The Bertz CT molecular complexity index is 895. The van der Waals surface area contributed by atoms with E-state index in [1.54, 1.807) is 17.5 Å². The molecule has 0 radical (unpaired) electrons. The van der Waals surface area contributed by atoms with Crippen molar-refractivity contribution in [2.45, 2.75) is 33.2 Å². The van der Waals surface area contributed by atoms with Gasteiger partial charge in [-0.05, 0) is 29.0 Å². The summed E-state index contributed by atoms with van der Waals surface area (Å²) < 4.78 is 0. The van der Waals surface area contributed by atoms with Crippen LogP contribution in [0.15, 0.2) is 42.6 Å². The molecule has 5 heteroatoms. The number of anilines is 1. The molecule has 25 heavy (non-hydrogen) atoms. The summed E-state index contributed by atoms with van der Waals surface area (Å²) in [6.45, 7) is 5.05. The minimum atomic E-state index is -0.00335. The number of carbonyl (C=O) groups is 1. The van der Waals surface area contributed by atoms with Crippen molar-refractivity contribution >= 4 is 22.1 Å². The van der Waals surface area contributed by atoms with Gasteiger partial charge < -0.3 is 5.32 Å². The lowest BCUT2D eigenvalue weighted by molar-refractivity contribution is 0.0914. The number of fused-ring (bicyclic) bond motifs is 1. The maximum Gasteiger partial charge on any atom is 0.166 e. The fraction of sp³-hybridized carbons (Fsp3) is 0.300. The number of Topliss-reactive ketones (excluding diaryl/α,β-unsaturated/α-hetero) is 1. The fourth-order valence-electron chi connectivity index (χ4n) is 3.50. The number of benzene rings is 1. The molecule has 0 atom stereocenters. The van der Waals surface area contributed by atoms with Crippen molar-refractivity contribution in [1.29, 1.82) is 0 Å². The van der Waals surface area contributed by atoms with Crippen LogP contribution in [0.1, 0.15) is 41.8 Å². The predicted molar refractivity (Wildman–Crippen MR) is 102 cm³/mol. The molecular formula is C20H21N3OS. The number of hydrogen-bond acceptors (Lipinski definition) is 4. The van der Waals surface area contributed by atoms with Gasteiger partial charge in [0, 0.05) is 19.2 Å². The van der Waals surface area contributed by atoms with Gasteiger partial charge in [-0.1, -0.05) is 44.2 Å². The number of nitrogens with one attached hydrogen (secondary N) is 2. The Morgan fingerprint density at radius 1 is 1.20 bits per heavy atom. The molecule has 0 bridgehead atoms. The summed E-state index contributed by atoms with van der Waals surface area (Å²) in [5, 5.41) is 11.6. The summed E-state index contributed by atoms with van der Waals surface area (Å²) in [4.78, 5) is 14.0. The summed E-state index contributed by atoms with van der Waals surface area (Å²) in [6.07, 6.45) is 3.26. The van der Waals surface area contributed by atoms with Gasteiger partial charge in [-0.2, -0.15) is 5.10 Å². The monoisotopic (exact) mass is 351 g/mol. The molecule has 2 heterocycles. The largest absolute Gasteiger partial charge is 0.372 e. The second-order valence-electron chi connectivity index (χ2n) is 7.36. The molecule has 1 aliphatic rings. The summed E-state index contributed by atoms with van der Waals surface area (Å²) in [5.74, 6) is 0.240. The number of thiophene rings is 1. The maximum atomic E-state index is 12.9. The third-order valence-corrected chi connectivity index (χ3v) is 5.84. The van der Waals surface area contributed by atoms with Crippen LogP contribution < -0.4 is 5.32 Å². The molecule has 128 valence electrons. The zero-order chi connectivity index (χ0) is 17.4. The van der Waals surface area contributed by atoms with Crippen molar-refractivity contribution in [1.82, 2.24) is 10.2 Å². The molecule has 4 nitrogen and oxygen atoms in total. The zero-order valence-corrected chi connectivity index (χ0v) is 15.2. The molecule has 0 aliphatic heterocycles. The maximum absolute atomic E-state index is 12.9. The molecule has 0 saturated carbocycles. The van der Waals surface area contributed by atoms with Gasteiger partial charge in [0.2, 0.25) is 0 Å². The average Bonchev–Trinajstić information content (AvgIpc) is 3.20. The number of H-pyrrole nitrogens is 1. The smallest absolute Gasteiger partial charge is 0.166 e. The summed E-state index contributed by atoms with van der Waals surface area (Å²) in [6, 6.07) is 12.2. The Morgan fingerprint density at radius 3 is 2.72 bits per heavy atom. The normalized spacial score (nSPS) is 15.8. The molecule has 0 saturated heterocycles. The van der Waals surface area contributed by atoms with Gasteiger partial charge in [0.05, 0.1) is 16.1 Å². The molecule has 0 unspecified atom stereocenters. The second kappa shape index (κ2) is 6.15. The molecule has 4 rings (SSSR count). The van der Waals surface area contributed by atoms with Gasteiger partial charge in [0.1, 0.15) is 5.00 Å².